The van der Waals surface area contributed by atoms with E-state index < -0.39 is 11.7 Å². The van der Waals surface area contributed by atoms with E-state index in [-0.39, 0.29) is 18.2 Å². The van der Waals surface area contributed by atoms with E-state index in [1.54, 1.807) is 25.3 Å². The molecule has 6 nitrogen and oxygen atoms in total. The molecule has 2 amide bonds. The van der Waals surface area contributed by atoms with Crippen molar-refractivity contribution in [2.75, 3.05) is 20.2 Å². The second kappa shape index (κ2) is 12.1. The number of furan rings is 1. The van der Waals surface area contributed by atoms with Crippen LogP contribution >= 0.6 is 0 Å². The van der Waals surface area contributed by atoms with Crippen LogP contribution in [-0.2, 0) is 28.6 Å². The Labute approximate surface area is 196 Å². The number of ether oxygens (including phenoxy) is 1. The minimum atomic E-state index is -4.40. The van der Waals surface area contributed by atoms with Crippen LogP contribution < -0.4 is 15.4 Å². The number of hydrogen-bond donors (Lipinski definition) is 2. The molecule has 184 valence electrons. The van der Waals surface area contributed by atoms with Gasteiger partial charge in [-0.2, -0.15) is 13.2 Å². The Bertz CT molecular complexity index is 1120. The molecule has 1 aromatic heterocycles. The molecule has 2 aromatic carbocycles. The second-order valence-corrected chi connectivity index (χ2v) is 7.56. The number of halogens is 3. The molecule has 2 N–H and O–H groups in total. The van der Waals surface area contributed by atoms with Gasteiger partial charge in [-0.25, -0.2) is 0 Å². The van der Waals surface area contributed by atoms with Crippen LogP contribution in [0.4, 0.5) is 13.2 Å². The van der Waals surface area contributed by atoms with E-state index in [2.05, 4.69) is 10.6 Å². The van der Waals surface area contributed by atoms with Gasteiger partial charge >= 0.3 is 6.18 Å². The van der Waals surface area contributed by atoms with Gasteiger partial charge in [0, 0.05) is 44.3 Å². The highest BCUT2D eigenvalue weighted by molar-refractivity contribution is 5.84. The molecular weight excluding hydrogens is 449 g/mol. The lowest BCUT2D eigenvalue weighted by Gasteiger charge is -2.09. The predicted molar refractivity (Wildman–Crippen MR) is 124 cm³/mol. The fraction of sp³-hybridized carbons (Fsp3) is 0.360. The number of hydrogen-bond acceptors (Lipinski definition) is 4. The maximum atomic E-state index is 13.0. The monoisotopic (exact) mass is 478 g/mol. The van der Waals surface area contributed by atoms with Crippen molar-refractivity contribution in [2.45, 2.75) is 39.8 Å². The maximum absolute atomic E-state index is 13.0. The molecule has 3 rings (SSSR count). The zero-order valence-corrected chi connectivity index (χ0v) is 19.6. The summed E-state index contributed by atoms with van der Waals surface area (Å²) in [6.07, 6.45) is -3.68. The highest BCUT2D eigenvalue weighted by atomic mass is 19.4. The summed E-state index contributed by atoms with van der Waals surface area (Å²) in [5, 5.41) is 6.13. The van der Waals surface area contributed by atoms with Crippen molar-refractivity contribution in [2.24, 2.45) is 0 Å². The van der Waals surface area contributed by atoms with Gasteiger partial charge < -0.3 is 19.8 Å². The normalized spacial score (nSPS) is 10.9. The average molecular weight is 479 g/mol. The van der Waals surface area contributed by atoms with Crippen molar-refractivity contribution in [1.29, 1.82) is 0 Å². The van der Waals surface area contributed by atoms with Gasteiger partial charge in [-0.05, 0) is 43.2 Å². The Kier molecular flexibility index (Phi) is 9.53. The van der Waals surface area contributed by atoms with Crippen molar-refractivity contribution >= 4 is 22.8 Å². The number of nitrogens with one attached hydrogen (secondary N) is 2. The van der Waals surface area contributed by atoms with Crippen LogP contribution in [0.25, 0.3) is 11.0 Å². The number of fused-ring (bicyclic) bond motifs is 1. The first-order chi connectivity index (χ1) is 16.0. The average Bonchev–Trinajstić information content (AvgIpc) is 3.09. The molecule has 0 unspecified atom stereocenters. The van der Waals surface area contributed by atoms with E-state index in [1.807, 2.05) is 13.0 Å². The summed E-state index contributed by atoms with van der Waals surface area (Å²) in [6, 6.07) is 10.6. The van der Waals surface area contributed by atoms with Crippen molar-refractivity contribution < 1.29 is 31.9 Å². The van der Waals surface area contributed by atoms with Crippen molar-refractivity contribution in [1.82, 2.24) is 10.6 Å². The second-order valence-electron chi connectivity index (χ2n) is 7.56. The van der Waals surface area contributed by atoms with Crippen molar-refractivity contribution in [3.63, 3.8) is 0 Å². The SMILES string of the molecule is CCNC(C)=O.COc1ccc2oc(Cc3cccc(C(F)(F)F)c3)c(CCNC(C)=O)c2c1. The van der Waals surface area contributed by atoms with E-state index in [0.29, 0.717) is 35.6 Å². The number of alkyl halides is 3. The highest BCUT2D eigenvalue weighted by Crippen LogP contribution is 2.33. The van der Waals surface area contributed by atoms with Crippen LogP contribution in [0.3, 0.4) is 0 Å². The zero-order valence-electron chi connectivity index (χ0n) is 19.6. The molecule has 0 spiro atoms. The van der Waals surface area contributed by atoms with E-state index in [1.165, 1.54) is 19.9 Å². The van der Waals surface area contributed by atoms with Gasteiger partial charge in [0.25, 0.3) is 0 Å². The van der Waals surface area contributed by atoms with Gasteiger partial charge in [0.05, 0.1) is 12.7 Å². The fourth-order valence-electron chi connectivity index (χ4n) is 3.38. The Hall–Kier alpha value is -3.49. The van der Waals surface area contributed by atoms with E-state index >= 15 is 0 Å². The molecule has 34 heavy (non-hydrogen) atoms. The summed E-state index contributed by atoms with van der Waals surface area (Å²) >= 11 is 0. The zero-order chi connectivity index (χ0) is 25.3. The van der Waals surface area contributed by atoms with Crippen LogP contribution in [0.5, 0.6) is 5.75 Å². The quantitative estimate of drug-likeness (QED) is 0.508. The number of carbonyl (C=O) groups excluding carboxylic acids is 2. The number of rotatable bonds is 7. The lowest BCUT2D eigenvalue weighted by atomic mass is 10.0. The molecule has 0 saturated heterocycles. The summed E-state index contributed by atoms with van der Waals surface area (Å²) in [5.41, 5.74) is 1.28. The minimum Gasteiger partial charge on any atom is -0.497 e. The minimum absolute atomic E-state index is 0.0394. The topological polar surface area (TPSA) is 80.6 Å². The summed E-state index contributed by atoms with van der Waals surface area (Å²) in [6.45, 7) is 5.96. The van der Waals surface area contributed by atoms with Crippen LogP contribution in [-0.4, -0.2) is 32.0 Å². The molecule has 0 aliphatic heterocycles. The van der Waals surface area contributed by atoms with Gasteiger partial charge in [-0.1, -0.05) is 18.2 Å². The lowest BCUT2D eigenvalue weighted by molar-refractivity contribution is -0.137. The highest BCUT2D eigenvalue weighted by Gasteiger charge is 2.30. The number of amides is 2. The van der Waals surface area contributed by atoms with Gasteiger partial charge in [-0.3, -0.25) is 9.59 Å². The first kappa shape index (κ1) is 26.8. The third kappa shape index (κ3) is 7.83. The van der Waals surface area contributed by atoms with Gasteiger partial charge in [0.2, 0.25) is 11.8 Å². The van der Waals surface area contributed by atoms with Crippen LogP contribution in [0.2, 0.25) is 0 Å². The van der Waals surface area contributed by atoms with Crippen molar-refractivity contribution in [3.05, 3.63) is 64.9 Å². The molecule has 0 bridgehead atoms. The van der Waals surface area contributed by atoms with Gasteiger partial charge in [-0.15, -0.1) is 0 Å². The van der Waals surface area contributed by atoms with Gasteiger partial charge in [0.15, 0.2) is 0 Å². The van der Waals surface area contributed by atoms with E-state index in [9.17, 15) is 22.8 Å². The van der Waals surface area contributed by atoms with Crippen LogP contribution in [0.1, 0.15) is 43.2 Å². The molecule has 1 heterocycles. The molecule has 0 aliphatic carbocycles. The van der Waals surface area contributed by atoms with Crippen LogP contribution in [0.15, 0.2) is 46.9 Å². The Balaban J connectivity index is 0.000000604. The summed E-state index contributed by atoms with van der Waals surface area (Å²) < 4.78 is 50.2. The number of carbonyl (C=O) groups is 2. The van der Waals surface area contributed by atoms with Crippen LogP contribution in [0, 0.1) is 0 Å². The van der Waals surface area contributed by atoms with Crippen molar-refractivity contribution in [3.8, 4) is 5.75 Å². The molecule has 0 aliphatic rings. The smallest absolute Gasteiger partial charge is 0.416 e. The van der Waals surface area contributed by atoms with Gasteiger partial charge in [0.1, 0.15) is 17.1 Å². The first-order valence-electron chi connectivity index (χ1n) is 10.8. The molecule has 9 heteroatoms. The van der Waals surface area contributed by atoms with E-state index in [4.69, 9.17) is 9.15 Å². The fourth-order valence-corrected chi connectivity index (χ4v) is 3.38. The number of benzene rings is 2. The third-order valence-electron chi connectivity index (χ3n) is 4.88. The molecule has 0 fully saturated rings. The molecule has 0 atom stereocenters. The van der Waals surface area contributed by atoms with E-state index in [0.717, 1.165) is 29.6 Å². The largest absolute Gasteiger partial charge is 0.497 e. The predicted octanol–water partition coefficient (Wildman–Crippen LogP) is 4.87. The maximum Gasteiger partial charge on any atom is 0.416 e. The Morgan fingerprint density at radius 1 is 1.03 bits per heavy atom. The number of methoxy groups -OCH3 is 1. The summed E-state index contributed by atoms with van der Waals surface area (Å²) in [5.74, 6) is 1.12. The third-order valence-corrected chi connectivity index (χ3v) is 4.88. The first-order valence-corrected chi connectivity index (χ1v) is 10.8. The molecule has 0 saturated carbocycles. The molecular formula is C25H29F3N2O4. The lowest BCUT2D eigenvalue weighted by Crippen LogP contribution is -2.22. The summed E-state index contributed by atoms with van der Waals surface area (Å²) in [7, 11) is 1.56. The standard InChI is InChI=1S/C21H20F3NO3.C4H9NO/c1-13(26)25-9-8-17-18-12-16(27-2)6-7-19(18)28-20(17)11-14-4-3-5-15(10-14)21(22,23)24;1-3-5-4(2)6/h3-7,10,12H,8-9,11H2,1-2H3,(H,25,26);3H2,1-2H3,(H,5,6). The Morgan fingerprint density at radius 2 is 1.74 bits per heavy atom. The Morgan fingerprint density at radius 3 is 2.29 bits per heavy atom. The summed E-state index contributed by atoms with van der Waals surface area (Å²) in [4.78, 5) is 21.1. The molecule has 0 radical (unpaired) electrons. The molecule has 3 aromatic rings.